The second-order valence-electron chi connectivity index (χ2n) is 16.3. The second kappa shape index (κ2) is 23.3. The van der Waals surface area contributed by atoms with E-state index in [1.165, 1.54) is 22.3 Å². The van der Waals surface area contributed by atoms with Crippen LogP contribution in [0.5, 0.6) is 0 Å². The van der Waals surface area contributed by atoms with Gasteiger partial charge in [-0.2, -0.15) is 0 Å². The SMILES string of the molecule is Clc1ccc(C(c2ccc(Cl)cc2)N2CCNCC2)cc1.O=c1[nH]c(CCl)nc2ccccc12.O=c1[nH]c(CN2CCN(C(c3ccc(Cl)cc3)c3ccc(Cl)cc3)CC2)nc2ccccc12. The van der Waals surface area contributed by atoms with E-state index in [1.54, 1.807) is 24.3 Å². The van der Waals surface area contributed by atoms with Gasteiger partial charge in [-0.05, 0) is 95.1 Å². The van der Waals surface area contributed by atoms with E-state index in [9.17, 15) is 9.59 Å². The van der Waals surface area contributed by atoms with Crippen molar-refractivity contribution in [3.8, 4) is 0 Å². The number of aromatic amines is 2. The first-order valence-corrected chi connectivity index (χ1v) is 24.1. The standard InChI is InChI=1S/C26H24Cl2N4O.C17H18Cl2N2.C9H7ClN2O/c27-20-9-5-18(6-10-20)25(19-7-11-21(28)12-8-19)32-15-13-31(14-16-32)17-24-29-23-4-2-1-3-22(23)26(33)30-24;18-15-5-1-13(2-6-15)17(21-11-9-20-10-12-21)14-3-7-16(19)8-4-14;10-5-8-11-7-4-2-1-3-6(7)9(13)12-8/h1-12,25H,13-17H2,(H,29,30,33);1-8,17,20H,9-12H2;1-4H,5H2,(H,11,12,13). The molecule has 4 heterocycles. The van der Waals surface area contributed by atoms with Crippen LogP contribution in [0.4, 0.5) is 0 Å². The molecular formula is C52H49Cl5N8O2. The molecule has 0 atom stereocenters. The van der Waals surface area contributed by atoms with Crippen molar-refractivity contribution in [3.05, 3.63) is 220 Å². The molecule has 2 aromatic heterocycles. The molecule has 2 aliphatic rings. The summed E-state index contributed by atoms with van der Waals surface area (Å²) in [6.45, 7) is 8.31. The molecule has 0 unspecified atom stereocenters. The predicted octanol–water partition coefficient (Wildman–Crippen LogP) is 10.8. The zero-order valence-electron chi connectivity index (χ0n) is 36.5. The Labute approximate surface area is 414 Å². The topological polar surface area (TPSA) is 113 Å². The molecule has 67 heavy (non-hydrogen) atoms. The number of nitrogens with one attached hydrogen (secondary N) is 3. The number of fused-ring (bicyclic) bond motifs is 2. The van der Waals surface area contributed by atoms with Crippen molar-refractivity contribution in [1.82, 2.24) is 40.0 Å². The van der Waals surface area contributed by atoms with Gasteiger partial charge in [0.05, 0.1) is 46.3 Å². The molecule has 0 spiro atoms. The molecule has 15 heteroatoms. The van der Waals surface area contributed by atoms with Crippen molar-refractivity contribution in [2.45, 2.75) is 24.5 Å². The van der Waals surface area contributed by atoms with Gasteiger partial charge in [0.2, 0.25) is 0 Å². The molecule has 0 bridgehead atoms. The fourth-order valence-corrected chi connectivity index (χ4v) is 9.18. The Hall–Kier alpha value is -5.11. The van der Waals surface area contributed by atoms with Crippen LogP contribution in [0.3, 0.4) is 0 Å². The van der Waals surface area contributed by atoms with E-state index in [0.717, 1.165) is 78.0 Å². The van der Waals surface area contributed by atoms with Crippen LogP contribution < -0.4 is 16.4 Å². The monoisotopic (exact) mass is 992 g/mol. The molecule has 0 aliphatic carbocycles. The zero-order valence-corrected chi connectivity index (χ0v) is 40.3. The lowest BCUT2D eigenvalue weighted by Gasteiger charge is -2.39. The number of nitrogens with zero attached hydrogens (tertiary/aromatic N) is 5. The molecule has 0 radical (unpaired) electrons. The quantitative estimate of drug-likeness (QED) is 0.123. The van der Waals surface area contributed by atoms with Crippen LogP contribution in [0.2, 0.25) is 20.1 Å². The molecule has 0 amide bonds. The first-order chi connectivity index (χ1) is 32.6. The van der Waals surface area contributed by atoms with Crippen LogP contribution in [0.1, 0.15) is 46.0 Å². The summed E-state index contributed by atoms with van der Waals surface area (Å²) in [5.41, 5.74) is 6.14. The zero-order chi connectivity index (χ0) is 46.7. The average molecular weight is 995 g/mol. The van der Waals surface area contributed by atoms with Crippen LogP contribution in [-0.2, 0) is 12.4 Å². The first-order valence-electron chi connectivity index (χ1n) is 22.1. The number of hydrogen-bond acceptors (Lipinski definition) is 8. The van der Waals surface area contributed by atoms with Gasteiger partial charge in [0.15, 0.2) is 0 Å². The summed E-state index contributed by atoms with van der Waals surface area (Å²) in [5.74, 6) is 1.43. The van der Waals surface area contributed by atoms with Crippen molar-refractivity contribution < 1.29 is 0 Å². The number of halogens is 5. The summed E-state index contributed by atoms with van der Waals surface area (Å²) in [4.78, 5) is 45.5. The number of hydrogen-bond donors (Lipinski definition) is 3. The van der Waals surface area contributed by atoms with E-state index in [2.05, 4.69) is 88.5 Å². The van der Waals surface area contributed by atoms with Crippen molar-refractivity contribution in [1.29, 1.82) is 0 Å². The van der Waals surface area contributed by atoms with Gasteiger partial charge in [-0.3, -0.25) is 24.3 Å². The maximum atomic E-state index is 12.4. The van der Waals surface area contributed by atoms with Gasteiger partial charge in [-0.15, -0.1) is 11.6 Å². The minimum atomic E-state index is -0.138. The van der Waals surface area contributed by atoms with Gasteiger partial charge in [-0.1, -0.05) is 119 Å². The van der Waals surface area contributed by atoms with Crippen molar-refractivity contribution in [2.24, 2.45) is 0 Å². The fourth-order valence-electron chi connectivity index (χ4n) is 8.55. The lowest BCUT2D eigenvalue weighted by Crippen LogP contribution is -2.47. The Morgan fingerprint density at radius 2 is 0.821 bits per heavy atom. The van der Waals surface area contributed by atoms with E-state index in [-0.39, 0.29) is 29.1 Å². The molecule has 8 aromatic rings. The Bertz CT molecular complexity index is 2880. The lowest BCUT2D eigenvalue weighted by molar-refractivity contribution is 0.103. The number of aromatic nitrogens is 4. The van der Waals surface area contributed by atoms with E-state index >= 15 is 0 Å². The minimum Gasteiger partial charge on any atom is -0.314 e. The van der Waals surface area contributed by atoms with Crippen molar-refractivity contribution in [2.75, 3.05) is 52.4 Å². The third-order valence-electron chi connectivity index (χ3n) is 11.9. The Kier molecular flexibility index (Phi) is 16.8. The van der Waals surface area contributed by atoms with Gasteiger partial charge in [-0.25, -0.2) is 9.97 Å². The van der Waals surface area contributed by atoms with Gasteiger partial charge < -0.3 is 15.3 Å². The molecule has 2 fully saturated rings. The van der Waals surface area contributed by atoms with Crippen LogP contribution >= 0.6 is 58.0 Å². The van der Waals surface area contributed by atoms with Crippen LogP contribution in [-0.4, -0.2) is 87.0 Å². The molecule has 2 saturated heterocycles. The highest BCUT2D eigenvalue weighted by atomic mass is 35.5. The normalized spacial score (nSPS) is 14.7. The molecule has 10 nitrogen and oxygen atoms in total. The summed E-state index contributed by atoms with van der Waals surface area (Å²) in [7, 11) is 0. The molecular weight excluding hydrogens is 946 g/mol. The van der Waals surface area contributed by atoms with Crippen LogP contribution in [0.15, 0.2) is 155 Å². The summed E-state index contributed by atoms with van der Waals surface area (Å²) >= 11 is 29.9. The molecule has 344 valence electrons. The summed E-state index contributed by atoms with van der Waals surface area (Å²) in [5, 5.41) is 7.63. The van der Waals surface area contributed by atoms with E-state index in [1.807, 2.05) is 72.8 Å². The van der Waals surface area contributed by atoms with Gasteiger partial charge in [0.1, 0.15) is 11.6 Å². The van der Waals surface area contributed by atoms with Crippen molar-refractivity contribution >= 4 is 79.8 Å². The van der Waals surface area contributed by atoms with E-state index in [0.29, 0.717) is 34.5 Å². The molecule has 0 saturated carbocycles. The number of para-hydroxylation sites is 2. The largest absolute Gasteiger partial charge is 0.314 e. The Morgan fingerprint density at radius 3 is 1.22 bits per heavy atom. The second-order valence-corrected chi connectivity index (χ2v) is 18.3. The average Bonchev–Trinajstić information content (AvgIpc) is 3.35. The smallest absolute Gasteiger partial charge is 0.258 e. The maximum Gasteiger partial charge on any atom is 0.258 e. The number of benzene rings is 6. The Morgan fingerprint density at radius 1 is 0.463 bits per heavy atom. The number of rotatable bonds is 9. The van der Waals surface area contributed by atoms with E-state index < -0.39 is 0 Å². The molecule has 10 rings (SSSR count). The Balaban J connectivity index is 0.000000152. The van der Waals surface area contributed by atoms with Gasteiger partial charge in [0.25, 0.3) is 11.1 Å². The maximum absolute atomic E-state index is 12.4. The van der Waals surface area contributed by atoms with E-state index in [4.69, 9.17) is 58.0 Å². The number of H-pyrrole nitrogens is 2. The summed E-state index contributed by atoms with van der Waals surface area (Å²) in [6, 6.07) is 47.5. The van der Waals surface area contributed by atoms with Crippen LogP contribution in [0, 0.1) is 0 Å². The summed E-state index contributed by atoms with van der Waals surface area (Å²) in [6.07, 6.45) is 0. The number of piperazine rings is 2. The molecule has 6 aromatic carbocycles. The predicted molar refractivity (Wildman–Crippen MR) is 275 cm³/mol. The highest BCUT2D eigenvalue weighted by Gasteiger charge is 2.27. The summed E-state index contributed by atoms with van der Waals surface area (Å²) < 4.78 is 0. The molecule has 2 aliphatic heterocycles. The third kappa shape index (κ3) is 12.7. The van der Waals surface area contributed by atoms with Crippen molar-refractivity contribution in [3.63, 3.8) is 0 Å². The van der Waals surface area contributed by atoms with Crippen LogP contribution in [0.25, 0.3) is 21.8 Å². The number of alkyl halides is 1. The highest BCUT2D eigenvalue weighted by Crippen LogP contribution is 2.33. The van der Waals surface area contributed by atoms with Gasteiger partial charge >= 0.3 is 0 Å². The highest BCUT2D eigenvalue weighted by molar-refractivity contribution is 6.31. The third-order valence-corrected chi connectivity index (χ3v) is 13.1. The lowest BCUT2D eigenvalue weighted by atomic mass is 9.96. The first kappa shape index (κ1) is 48.4. The molecule has 3 N–H and O–H groups in total. The fraction of sp³-hybridized carbons (Fsp3) is 0.231. The van der Waals surface area contributed by atoms with Gasteiger partial charge in [0, 0.05) is 72.4 Å². The minimum absolute atomic E-state index is 0.0835.